The Morgan fingerprint density at radius 3 is 2.55 bits per heavy atom. The van der Waals surface area contributed by atoms with Crippen LogP contribution in [0.3, 0.4) is 0 Å². The first kappa shape index (κ1) is 23.8. The van der Waals surface area contributed by atoms with Gasteiger partial charge >= 0.3 is 0 Å². The molecule has 0 aliphatic carbocycles. The van der Waals surface area contributed by atoms with E-state index in [0.29, 0.717) is 17.4 Å². The fourth-order valence-electron chi connectivity index (χ4n) is 5.26. The molecule has 40 heavy (non-hydrogen) atoms. The second kappa shape index (κ2) is 9.81. The highest BCUT2D eigenvalue weighted by molar-refractivity contribution is 5.98. The van der Waals surface area contributed by atoms with Crippen LogP contribution in [0, 0.1) is 0 Å². The molecule has 0 spiro atoms. The number of nitrogens with zero attached hydrogens (tertiary/aromatic N) is 5. The number of oxime groups is 1. The molecule has 7 rings (SSSR count). The number of rotatable bonds is 6. The van der Waals surface area contributed by atoms with E-state index in [1.165, 1.54) is 0 Å². The summed E-state index contributed by atoms with van der Waals surface area (Å²) in [5.41, 5.74) is 5.44. The SMILES string of the molecule is COc1ccc(/C(C)=N/OCc2nc3c4c(ncn3n2)Oc2ccc3ccccc3c2C4c2ccccc2)cc1. The van der Waals surface area contributed by atoms with Crippen LogP contribution in [0.2, 0.25) is 0 Å². The van der Waals surface area contributed by atoms with Crippen molar-refractivity contribution in [3.63, 3.8) is 0 Å². The molecule has 0 saturated carbocycles. The summed E-state index contributed by atoms with van der Waals surface area (Å²) < 4.78 is 13.3. The number of methoxy groups -OCH3 is 1. The molecule has 8 heteroatoms. The van der Waals surface area contributed by atoms with E-state index in [-0.39, 0.29) is 12.5 Å². The van der Waals surface area contributed by atoms with Crippen LogP contribution in [0.4, 0.5) is 0 Å². The third kappa shape index (κ3) is 4.10. The van der Waals surface area contributed by atoms with Gasteiger partial charge in [-0.3, -0.25) is 0 Å². The highest BCUT2D eigenvalue weighted by Crippen LogP contribution is 2.50. The molecule has 1 atom stereocenters. The van der Waals surface area contributed by atoms with Crippen LogP contribution in [0.15, 0.2) is 102 Å². The topological polar surface area (TPSA) is 83.1 Å². The lowest BCUT2D eigenvalue weighted by atomic mass is 9.81. The molecule has 196 valence electrons. The summed E-state index contributed by atoms with van der Waals surface area (Å²) in [5.74, 6) is 2.46. The lowest BCUT2D eigenvalue weighted by Crippen LogP contribution is -2.15. The second-order valence-electron chi connectivity index (χ2n) is 9.58. The largest absolute Gasteiger partial charge is 0.497 e. The molecule has 1 aliphatic rings. The Hall–Kier alpha value is -5.24. The van der Waals surface area contributed by atoms with E-state index >= 15 is 0 Å². The maximum Gasteiger partial charge on any atom is 0.228 e. The van der Waals surface area contributed by atoms with E-state index in [1.807, 2.05) is 49.4 Å². The predicted octanol–water partition coefficient (Wildman–Crippen LogP) is 6.51. The van der Waals surface area contributed by atoms with E-state index in [2.05, 4.69) is 63.8 Å². The van der Waals surface area contributed by atoms with Gasteiger partial charge in [-0.15, -0.1) is 5.10 Å². The molecule has 0 fully saturated rings. The molecule has 6 aromatic rings. The van der Waals surface area contributed by atoms with Gasteiger partial charge in [0.2, 0.25) is 5.88 Å². The average Bonchev–Trinajstić information content (AvgIpc) is 3.43. The number of hydrogen-bond donors (Lipinski definition) is 0. The van der Waals surface area contributed by atoms with Gasteiger partial charge < -0.3 is 14.3 Å². The maximum atomic E-state index is 6.38. The van der Waals surface area contributed by atoms with Crippen molar-refractivity contribution in [2.75, 3.05) is 7.11 Å². The fraction of sp³-hybridized carbons (Fsp3) is 0.125. The highest BCUT2D eigenvalue weighted by atomic mass is 16.6. The molecular formula is C32H25N5O3. The van der Waals surface area contributed by atoms with Crippen molar-refractivity contribution in [1.82, 2.24) is 19.6 Å². The first-order valence-corrected chi connectivity index (χ1v) is 13.0. The Kier molecular flexibility index (Phi) is 5.85. The minimum absolute atomic E-state index is 0.111. The Balaban J connectivity index is 1.28. The molecule has 0 saturated heterocycles. The van der Waals surface area contributed by atoms with Crippen LogP contribution in [-0.2, 0) is 11.4 Å². The van der Waals surface area contributed by atoms with Crippen LogP contribution in [-0.4, -0.2) is 32.4 Å². The van der Waals surface area contributed by atoms with E-state index in [1.54, 1.807) is 18.0 Å². The molecule has 0 N–H and O–H groups in total. The molecule has 1 aliphatic heterocycles. The number of benzene rings is 4. The van der Waals surface area contributed by atoms with E-state index in [9.17, 15) is 0 Å². The number of ether oxygens (including phenoxy) is 2. The number of aromatic nitrogens is 4. The third-order valence-corrected chi connectivity index (χ3v) is 7.18. The number of fused-ring (bicyclic) bond motifs is 6. The van der Waals surface area contributed by atoms with Gasteiger partial charge in [-0.25, -0.2) is 14.5 Å². The molecule has 8 nitrogen and oxygen atoms in total. The molecule has 1 unspecified atom stereocenters. The summed E-state index contributed by atoms with van der Waals surface area (Å²) in [6.07, 6.45) is 1.63. The van der Waals surface area contributed by atoms with Crippen molar-refractivity contribution in [2.45, 2.75) is 19.4 Å². The standard InChI is InChI=1S/C32H25N5O3/c1-20(21-12-15-24(38-2)16-13-21)36-39-18-27-34-31-30-28(23-9-4-3-5-10-23)29-25-11-7-6-8-22(25)14-17-26(29)40-32(30)33-19-37(31)35-27/h3-17,19,28H,18H2,1-2H3/b36-20+. The van der Waals surface area contributed by atoms with Gasteiger partial charge in [0.15, 0.2) is 18.1 Å². The van der Waals surface area contributed by atoms with Gasteiger partial charge in [-0.1, -0.05) is 65.8 Å². The van der Waals surface area contributed by atoms with Gasteiger partial charge in [-0.2, -0.15) is 0 Å². The van der Waals surface area contributed by atoms with Gasteiger partial charge in [0, 0.05) is 11.5 Å². The monoisotopic (exact) mass is 527 g/mol. The minimum Gasteiger partial charge on any atom is -0.497 e. The highest BCUT2D eigenvalue weighted by Gasteiger charge is 2.34. The fourth-order valence-corrected chi connectivity index (χ4v) is 5.26. The number of hydrogen-bond acceptors (Lipinski definition) is 7. The summed E-state index contributed by atoms with van der Waals surface area (Å²) in [5, 5.41) is 11.2. The molecule has 0 radical (unpaired) electrons. The summed E-state index contributed by atoms with van der Waals surface area (Å²) in [7, 11) is 1.64. The second-order valence-corrected chi connectivity index (χ2v) is 9.58. The van der Waals surface area contributed by atoms with Gasteiger partial charge in [-0.05, 0) is 59.2 Å². The van der Waals surface area contributed by atoms with Crippen molar-refractivity contribution >= 4 is 22.1 Å². The normalized spacial score (nSPS) is 14.4. The van der Waals surface area contributed by atoms with Crippen LogP contribution in [0.5, 0.6) is 17.4 Å². The van der Waals surface area contributed by atoms with Gasteiger partial charge in [0.25, 0.3) is 0 Å². The molecule has 3 heterocycles. The molecule has 0 bridgehead atoms. The zero-order chi connectivity index (χ0) is 27.1. The smallest absolute Gasteiger partial charge is 0.228 e. The van der Waals surface area contributed by atoms with Gasteiger partial charge in [0.1, 0.15) is 17.8 Å². The minimum atomic E-state index is -0.143. The maximum absolute atomic E-state index is 6.38. The summed E-state index contributed by atoms with van der Waals surface area (Å²) in [6, 6.07) is 30.5. The quantitative estimate of drug-likeness (QED) is 0.181. The lowest BCUT2D eigenvalue weighted by Gasteiger charge is -2.29. The zero-order valence-electron chi connectivity index (χ0n) is 22.0. The average molecular weight is 528 g/mol. The van der Waals surface area contributed by atoms with Crippen molar-refractivity contribution in [3.05, 3.63) is 125 Å². The molecule has 2 aromatic heterocycles. The third-order valence-electron chi connectivity index (χ3n) is 7.18. The van der Waals surface area contributed by atoms with Crippen LogP contribution < -0.4 is 9.47 Å². The van der Waals surface area contributed by atoms with Gasteiger partial charge in [0.05, 0.1) is 18.4 Å². The van der Waals surface area contributed by atoms with Crippen LogP contribution in [0.1, 0.15) is 40.9 Å². The van der Waals surface area contributed by atoms with Crippen molar-refractivity contribution in [2.24, 2.45) is 5.16 Å². The van der Waals surface area contributed by atoms with E-state index < -0.39 is 0 Å². The zero-order valence-corrected chi connectivity index (χ0v) is 22.0. The van der Waals surface area contributed by atoms with Crippen molar-refractivity contribution < 1.29 is 14.3 Å². The summed E-state index contributed by atoms with van der Waals surface area (Å²) >= 11 is 0. The van der Waals surface area contributed by atoms with Crippen LogP contribution >= 0.6 is 0 Å². The Labute approximate surface area is 230 Å². The van der Waals surface area contributed by atoms with Crippen LogP contribution in [0.25, 0.3) is 16.4 Å². The molecular weight excluding hydrogens is 502 g/mol. The lowest BCUT2D eigenvalue weighted by molar-refractivity contribution is 0.125. The predicted molar refractivity (Wildman–Crippen MR) is 152 cm³/mol. The first-order chi connectivity index (χ1) is 19.7. The Morgan fingerprint density at radius 1 is 0.925 bits per heavy atom. The van der Waals surface area contributed by atoms with Crippen molar-refractivity contribution in [1.29, 1.82) is 0 Å². The summed E-state index contributed by atoms with van der Waals surface area (Å²) in [4.78, 5) is 15.2. The van der Waals surface area contributed by atoms with E-state index in [4.69, 9.17) is 19.3 Å². The molecule has 4 aromatic carbocycles. The van der Waals surface area contributed by atoms with E-state index in [0.717, 1.165) is 50.2 Å². The van der Waals surface area contributed by atoms with Crippen molar-refractivity contribution in [3.8, 4) is 17.4 Å². The Morgan fingerprint density at radius 2 is 1.73 bits per heavy atom. The first-order valence-electron chi connectivity index (χ1n) is 13.0. The molecule has 0 amide bonds. The summed E-state index contributed by atoms with van der Waals surface area (Å²) in [6.45, 7) is 2.00. The Bertz CT molecular complexity index is 1880.